The standard InChI is InChI=1S/C27H47NO5SSi/c1-18(2)35(19(3)4,20(5)6)33-25-16-28(27(30)31)15-24(29)26(25)22-9-11-23(12-10-22)34-14-13-21(7)17-32-8/h9-12,18-21,24-26,29H,13-17H2,1-8H3,(H,30,31)/t21?,24-,25+,26+/m0/s1. The molecule has 1 aromatic rings. The van der Waals surface area contributed by atoms with Crippen LogP contribution in [0.4, 0.5) is 4.79 Å². The van der Waals surface area contributed by atoms with Crippen LogP contribution in [-0.2, 0) is 9.16 Å². The van der Waals surface area contributed by atoms with Crippen molar-refractivity contribution in [2.24, 2.45) is 5.92 Å². The van der Waals surface area contributed by atoms with Gasteiger partial charge in [0.05, 0.1) is 18.8 Å². The Morgan fingerprint density at radius 2 is 1.63 bits per heavy atom. The third-order valence-corrected chi connectivity index (χ3v) is 14.7. The summed E-state index contributed by atoms with van der Waals surface area (Å²) in [6.45, 7) is 16.8. The van der Waals surface area contributed by atoms with E-state index in [0.29, 0.717) is 22.5 Å². The molecule has 1 amide bonds. The normalized spacial score (nSPS) is 22.3. The lowest BCUT2D eigenvalue weighted by Crippen LogP contribution is -2.59. The number of aliphatic hydroxyl groups is 1. The first-order chi connectivity index (χ1) is 16.4. The van der Waals surface area contributed by atoms with E-state index in [4.69, 9.17) is 9.16 Å². The Bertz CT molecular complexity index is 767. The number of likely N-dealkylation sites (tertiary alicyclic amines) is 1. The summed E-state index contributed by atoms with van der Waals surface area (Å²) in [6.07, 6.45) is -1.09. The van der Waals surface area contributed by atoms with Gasteiger partial charge in [-0.2, -0.15) is 0 Å². The number of nitrogens with zero attached hydrogens (tertiary/aromatic N) is 1. The summed E-state index contributed by atoms with van der Waals surface area (Å²) in [5.41, 5.74) is 2.14. The number of β-amino-alcohol motifs (C(OH)–C–C–N with tert-alkyl or cyclic N) is 1. The Kier molecular flexibility index (Phi) is 11.6. The van der Waals surface area contributed by atoms with Gasteiger partial charge in [-0.3, -0.25) is 0 Å². The molecule has 4 atom stereocenters. The van der Waals surface area contributed by atoms with Crippen LogP contribution in [0.2, 0.25) is 16.6 Å². The number of carbonyl (C=O) groups is 1. The summed E-state index contributed by atoms with van der Waals surface area (Å²) in [6, 6.07) is 8.41. The fraction of sp³-hybridized carbons (Fsp3) is 0.741. The maximum absolute atomic E-state index is 11.8. The molecule has 35 heavy (non-hydrogen) atoms. The molecule has 2 N–H and O–H groups in total. The summed E-state index contributed by atoms with van der Waals surface area (Å²) in [7, 11) is -0.534. The summed E-state index contributed by atoms with van der Waals surface area (Å²) in [5.74, 6) is 1.31. The number of hydrogen-bond donors (Lipinski definition) is 2. The summed E-state index contributed by atoms with van der Waals surface area (Å²) in [5, 5.41) is 20.9. The van der Waals surface area contributed by atoms with E-state index in [2.05, 4.69) is 72.7 Å². The topological polar surface area (TPSA) is 79.2 Å². The zero-order valence-electron chi connectivity index (χ0n) is 22.9. The molecule has 1 aliphatic rings. The predicted molar refractivity (Wildman–Crippen MR) is 147 cm³/mol. The number of amides is 1. The molecular formula is C27H47NO5SSi. The summed E-state index contributed by atoms with van der Waals surface area (Å²) >= 11 is 1.83. The van der Waals surface area contributed by atoms with Crippen LogP contribution in [0, 0.1) is 5.92 Å². The van der Waals surface area contributed by atoms with Crippen molar-refractivity contribution in [3.63, 3.8) is 0 Å². The summed E-state index contributed by atoms with van der Waals surface area (Å²) in [4.78, 5) is 14.4. The zero-order valence-corrected chi connectivity index (χ0v) is 24.7. The van der Waals surface area contributed by atoms with Crippen molar-refractivity contribution in [2.45, 2.75) is 94.5 Å². The van der Waals surface area contributed by atoms with Gasteiger partial charge in [-0.25, -0.2) is 4.79 Å². The van der Waals surface area contributed by atoms with Crippen molar-refractivity contribution in [1.82, 2.24) is 4.90 Å². The third kappa shape index (κ3) is 7.48. The number of aliphatic hydroxyl groups excluding tert-OH is 1. The van der Waals surface area contributed by atoms with Crippen molar-refractivity contribution in [3.05, 3.63) is 29.8 Å². The Morgan fingerprint density at radius 1 is 1.06 bits per heavy atom. The van der Waals surface area contributed by atoms with Crippen molar-refractivity contribution in [2.75, 3.05) is 32.6 Å². The van der Waals surface area contributed by atoms with Crippen LogP contribution in [0.3, 0.4) is 0 Å². The summed E-state index contributed by atoms with van der Waals surface area (Å²) < 4.78 is 12.3. The van der Waals surface area contributed by atoms with Gasteiger partial charge in [0, 0.05) is 31.1 Å². The molecule has 1 unspecified atom stereocenters. The van der Waals surface area contributed by atoms with Crippen molar-refractivity contribution in [1.29, 1.82) is 0 Å². The molecule has 0 radical (unpaired) electrons. The lowest BCUT2D eigenvalue weighted by Gasteiger charge is -2.49. The minimum atomic E-state index is -2.27. The van der Waals surface area contributed by atoms with E-state index in [1.807, 2.05) is 11.8 Å². The average molecular weight is 526 g/mol. The molecule has 0 aromatic heterocycles. The van der Waals surface area contributed by atoms with Gasteiger partial charge in [-0.1, -0.05) is 60.6 Å². The van der Waals surface area contributed by atoms with Crippen LogP contribution in [0.5, 0.6) is 0 Å². The Hall–Kier alpha value is -1.06. The number of piperidine rings is 1. The zero-order chi connectivity index (χ0) is 26.3. The van der Waals surface area contributed by atoms with E-state index in [0.717, 1.165) is 24.3 Å². The number of hydrogen-bond acceptors (Lipinski definition) is 5. The van der Waals surface area contributed by atoms with Gasteiger partial charge < -0.3 is 24.3 Å². The van der Waals surface area contributed by atoms with Gasteiger partial charge in [-0.05, 0) is 52.4 Å². The fourth-order valence-electron chi connectivity index (χ4n) is 5.90. The first-order valence-electron chi connectivity index (χ1n) is 13.0. The van der Waals surface area contributed by atoms with E-state index < -0.39 is 20.5 Å². The van der Waals surface area contributed by atoms with Gasteiger partial charge >= 0.3 is 6.09 Å². The molecule has 0 bridgehead atoms. The van der Waals surface area contributed by atoms with Gasteiger partial charge in [0.25, 0.3) is 0 Å². The van der Waals surface area contributed by atoms with E-state index in [1.165, 1.54) is 9.80 Å². The number of thioether (sulfide) groups is 1. The number of benzene rings is 1. The van der Waals surface area contributed by atoms with Crippen LogP contribution in [0.25, 0.3) is 0 Å². The molecular weight excluding hydrogens is 478 g/mol. The van der Waals surface area contributed by atoms with Gasteiger partial charge in [-0.15, -0.1) is 11.8 Å². The first kappa shape index (κ1) is 30.2. The van der Waals surface area contributed by atoms with Crippen molar-refractivity contribution < 1.29 is 24.2 Å². The Balaban J connectivity index is 2.29. The Morgan fingerprint density at radius 3 is 2.11 bits per heavy atom. The highest BCUT2D eigenvalue weighted by Crippen LogP contribution is 2.45. The lowest BCUT2D eigenvalue weighted by molar-refractivity contribution is -0.0190. The molecule has 1 saturated heterocycles. The highest BCUT2D eigenvalue weighted by Gasteiger charge is 2.50. The minimum Gasteiger partial charge on any atom is -0.465 e. The maximum atomic E-state index is 11.8. The second-order valence-electron chi connectivity index (χ2n) is 11.0. The highest BCUT2D eigenvalue weighted by atomic mass is 32.2. The molecule has 0 aliphatic carbocycles. The minimum absolute atomic E-state index is 0.105. The largest absolute Gasteiger partial charge is 0.465 e. The van der Waals surface area contributed by atoms with Crippen LogP contribution >= 0.6 is 11.8 Å². The van der Waals surface area contributed by atoms with Crippen LogP contribution in [0.1, 0.15) is 66.4 Å². The maximum Gasteiger partial charge on any atom is 0.407 e. The second kappa shape index (κ2) is 13.5. The molecule has 2 rings (SSSR count). The van der Waals surface area contributed by atoms with Crippen LogP contribution < -0.4 is 0 Å². The first-order valence-corrected chi connectivity index (χ1v) is 16.1. The van der Waals surface area contributed by atoms with Crippen molar-refractivity contribution in [3.8, 4) is 0 Å². The van der Waals surface area contributed by atoms with Gasteiger partial charge in [0.15, 0.2) is 0 Å². The highest BCUT2D eigenvalue weighted by molar-refractivity contribution is 7.99. The molecule has 0 spiro atoms. The van der Waals surface area contributed by atoms with Gasteiger partial charge in [0.2, 0.25) is 8.32 Å². The van der Waals surface area contributed by atoms with E-state index in [1.54, 1.807) is 7.11 Å². The molecule has 8 heteroatoms. The SMILES string of the molecule is COCC(C)CCSc1ccc([C@@H]2[C@@H](O)CN(C(=O)O)C[C@H]2O[Si](C(C)C)(C(C)C)C(C)C)cc1. The number of carboxylic acid groups (broad SMARTS) is 1. The average Bonchev–Trinajstić information content (AvgIpc) is 2.77. The monoisotopic (exact) mass is 525 g/mol. The smallest absolute Gasteiger partial charge is 0.407 e. The molecule has 1 heterocycles. The lowest BCUT2D eigenvalue weighted by atomic mass is 9.85. The van der Waals surface area contributed by atoms with Crippen molar-refractivity contribution >= 4 is 26.2 Å². The van der Waals surface area contributed by atoms with E-state index >= 15 is 0 Å². The quantitative estimate of drug-likeness (QED) is 0.241. The Labute approximate surface area is 217 Å². The molecule has 200 valence electrons. The number of ether oxygens (including phenoxy) is 1. The van der Waals surface area contributed by atoms with E-state index in [-0.39, 0.29) is 25.1 Å². The molecule has 1 aliphatic heterocycles. The third-order valence-electron chi connectivity index (χ3n) is 7.55. The molecule has 0 saturated carbocycles. The van der Waals surface area contributed by atoms with Crippen LogP contribution in [0.15, 0.2) is 29.2 Å². The molecule has 6 nitrogen and oxygen atoms in total. The number of rotatable bonds is 12. The van der Waals surface area contributed by atoms with Gasteiger partial charge in [0.1, 0.15) is 0 Å². The van der Waals surface area contributed by atoms with Crippen LogP contribution in [-0.4, -0.2) is 74.3 Å². The van der Waals surface area contributed by atoms with E-state index in [9.17, 15) is 15.0 Å². The predicted octanol–water partition coefficient (Wildman–Crippen LogP) is 6.45. The second-order valence-corrected chi connectivity index (χ2v) is 17.6. The number of methoxy groups -OCH3 is 1. The fourth-order valence-corrected chi connectivity index (χ4v) is 12.5. The molecule has 1 aromatic carbocycles. The molecule has 1 fully saturated rings.